The van der Waals surface area contributed by atoms with Gasteiger partial charge in [0.2, 0.25) is 5.91 Å². The van der Waals surface area contributed by atoms with Crippen LogP contribution in [0.3, 0.4) is 0 Å². The zero-order valence-electron chi connectivity index (χ0n) is 13.2. The average Bonchev–Trinajstić information content (AvgIpc) is 2.66. The third-order valence-corrected chi connectivity index (χ3v) is 5.08. The van der Waals surface area contributed by atoms with E-state index in [0.29, 0.717) is 23.7 Å². The van der Waals surface area contributed by atoms with Crippen LogP contribution >= 0.6 is 11.3 Å². The predicted octanol–water partition coefficient (Wildman–Crippen LogP) is 4.28. The minimum Gasteiger partial charge on any atom is -0.302 e. The third kappa shape index (κ3) is 3.81. The molecule has 0 spiro atoms. The molecule has 1 aromatic heterocycles. The molecule has 1 heterocycles. The van der Waals surface area contributed by atoms with Crippen LogP contribution in [-0.4, -0.2) is 10.9 Å². The molecule has 0 fully saturated rings. The molecule has 1 N–H and O–H groups in total. The molecule has 2 rings (SSSR count). The van der Waals surface area contributed by atoms with E-state index in [9.17, 15) is 4.79 Å². The molecule has 1 amide bonds. The fourth-order valence-corrected chi connectivity index (χ4v) is 3.73. The van der Waals surface area contributed by atoms with Crippen molar-refractivity contribution in [3.05, 3.63) is 10.6 Å². The van der Waals surface area contributed by atoms with E-state index in [1.54, 1.807) is 11.3 Å². The lowest BCUT2D eigenvalue weighted by atomic mass is 9.73. The number of hydrogen-bond donors (Lipinski definition) is 1. The summed E-state index contributed by atoms with van der Waals surface area (Å²) in [7, 11) is 0. The summed E-state index contributed by atoms with van der Waals surface area (Å²) in [4.78, 5) is 17.8. The van der Waals surface area contributed by atoms with Gasteiger partial charge in [-0.25, -0.2) is 4.98 Å². The number of thiazole rings is 1. The number of rotatable bonds is 3. The van der Waals surface area contributed by atoms with Crippen molar-refractivity contribution in [2.75, 3.05) is 5.32 Å². The number of carbonyl (C=O) groups is 1. The quantitative estimate of drug-likeness (QED) is 0.904. The Kier molecular flexibility index (Phi) is 4.52. The van der Waals surface area contributed by atoms with Gasteiger partial charge in [0.1, 0.15) is 0 Å². The van der Waals surface area contributed by atoms with Gasteiger partial charge >= 0.3 is 0 Å². The van der Waals surface area contributed by atoms with Crippen LogP contribution in [-0.2, 0) is 17.6 Å². The van der Waals surface area contributed by atoms with Crippen molar-refractivity contribution in [1.82, 2.24) is 4.98 Å². The number of hydrogen-bond acceptors (Lipinski definition) is 3. The van der Waals surface area contributed by atoms with Crippen LogP contribution in [0.25, 0.3) is 0 Å². The molecule has 0 saturated heterocycles. The predicted molar refractivity (Wildman–Crippen MR) is 85.2 cm³/mol. The molecule has 0 aromatic carbocycles. The second-order valence-electron chi connectivity index (χ2n) is 7.34. The molecule has 1 unspecified atom stereocenters. The van der Waals surface area contributed by atoms with E-state index < -0.39 is 0 Å². The topological polar surface area (TPSA) is 42.0 Å². The van der Waals surface area contributed by atoms with Gasteiger partial charge in [0.25, 0.3) is 0 Å². The van der Waals surface area contributed by atoms with E-state index in [-0.39, 0.29) is 5.91 Å². The van der Waals surface area contributed by atoms with E-state index >= 15 is 0 Å². The fourth-order valence-electron chi connectivity index (χ4n) is 2.71. The Labute approximate surface area is 126 Å². The Morgan fingerprint density at radius 2 is 2.15 bits per heavy atom. The summed E-state index contributed by atoms with van der Waals surface area (Å²) in [6.07, 6.45) is 3.96. The molecular weight excluding hydrogens is 268 g/mol. The highest BCUT2D eigenvalue weighted by molar-refractivity contribution is 7.15. The highest BCUT2D eigenvalue weighted by atomic mass is 32.1. The van der Waals surface area contributed by atoms with Gasteiger partial charge in [-0.1, -0.05) is 34.6 Å². The standard InChI is InChI=1S/C16H26N2OS/c1-10(2)8-14(19)18-15-17-12-9-11(16(3,4)5)6-7-13(12)20-15/h10-11H,6-9H2,1-5H3,(H,17,18,19). The van der Waals surface area contributed by atoms with E-state index in [2.05, 4.69) is 44.9 Å². The van der Waals surface area contributed by atoms with Crippen LogP contribution < -0.4 is 5.32 Å². The molecule has 0 bridgehead atoms. The zero-order valence-corrected chi connectivity index (χ0v) is 14.1. The summed E-state index contributed by atoms with van der Waals surface area (Å²) < 4.78 is 0. The van der Waals surface area contributed by atoms with Gasteiger partial charge in [-0.05, 0) is 36.5 Å². The van der Waals surface area contributed by atoms with Crippen molar-refractivity contribution in [1.29, 1.82) is 0 Å². The highest BCUT2D eigenvalue weighted by Gasteiger charge is 2.30. The lowest BCUT2D eigenvalue weighted by Crippen LogP contribution is -2.26. The summed E-state index contributed by atoms with van der Waals surface area (Å²) in [5, 5.41) is 3.74. The first kappa shape index (κ1) is 15.5. The molecular formula is C16H26N2OS. The van der Waals surface area contributed by atoms with Crippen molar-refractivity contribution in [3.63, 3.8) is 0 Å². The minimum atomic E-state index is 0.0819. The number of aromatic nitrogens is 1. The number of anilines is 1. The Balaban J connectivity index is 2.04. The monoisotopic (exact) mass is 294 g/mol. The van der Waals surface area contributed by atoms with Crippen molar-refractivity contribution in [2.24, 2.45) is 17.3 Å². The summed E-state index contributed by atoms with van der Waals surface area (Å²) in [5.41, 5.74) is 1.54. The van der Waals surface area contributed by atoms with Crippen LogP contribution in [0.5, 0.6) is 0 Å². The summed E-state index contributed by atoms with van der Waals surface area (Å²) in [6.45, 7) is 11.0. The lowest BCUT2D eigenvalue weighted by molar-refractivity contribution is -0.116. The molecule has 1 aliphatic rings. The second-order valence-corrected chi connectivity index (χ2v) is 8.42. The number of aryl methyl sites for hydroxylation is 1. The van der Waals surface area contributed by atoms with E-state index in [1.165, 1.54) is 17.0 Å². The van der Waals surface area contributed by atoms with Crippen LogP contribution in [0.1, 0.15) is 58.0 Å². The maximum atomic E-state index is 11.8. The SMILES string of the molecule is CC(C)CC(=O)Nc1nc2c(s1)CCC(C(C)(C)C)C2. The Morgan fingerprint density at radius 1 is 1.45 bits per heavy atom. The molecule has 1 atom stereocenters. The minimum absolute atomic E-state index is 0.0819. The average molecular weight is 294 g/mol. The van der Waals surface area contributed by atoms with Crippen molar-refractivity contribution in [2.45, 2.75) is 60.3 Å². The zero-order chi connectivity index (χ0) is 14.9. The van der Waals surface area contributed by atoms with E-state index in [1.807, 2.05) is 0 Å². The summed E-state index contributed by atoms with van der Waals surface area (Å²) in [5.74, 6) is 1.16. The number of nitrogens with zero attached hydrogens (tertiary/aromatic N) is 1. The second kappa shape index (κ2) is 5.84. The molecule has 4 heteroatoms. The molecule has 0 aliphatic heterocycles. The first-order valence-corrected chi connectivity index (χ1v) is 8.35. The van der Waals surface area contributed by atoms with Crippen LogP contribution in [0, 0.1) is 17.3 Å². The first-order valence-electron chi connectivity index (χ1n) is 7.54. The van der Waals surface area contributed by atoms with Gasteiger partial charge in [-0.15, -0.1) is 11.3 Å². The molecule has 112 valence electrons. The number of nitrogens with one attached hydrogen (secondary N) is 1. The fraction of sp³-hybridized carbons (Fsp3) is 0.750. The Morgan fingerprint density at radius 3 is 2.75 bits per heavy atom. The third-order valence-electron chi connectivity index (χ3n) is 4.00. The largest absolute Gasteiger partial charge is 0.302 e. The van der Waals surface area contributed by atoms with E-state index in [4.69, 9.17) is 0 Å². The van der Waals surface area contributed by atoms with Crippen molar-refractivity contribution in [3.8, 4) is 0 Å². The molecule has 0 radical (unpaired) electrons. The van der Waals surface area contributed by atoms with Crippen molar-refractivity contribution < 1.29 is 4.79 Å². The van der Waals surface area contributed by atoms with E-state index in [0.717, 1.165) is 18.0 Å². The smallest absolute Gasteiger partial charge is 0.226 e. The normalized spacial score (nSPS) is 19.0. The maximum absolute atomic E-state index is 11.8. The van der Waals surface area contributed by atoms with Gasteiger partial charge in [-0.3, -0.25) is 4.79 Å². The van der Waals surface area contributed by atoms with Crippen molar-refractivity contribution >= 4 is 22.4 Å². The van der Waals surface area contributed by atoms with Crippen LogP contribution in [0.15, 0.2) is 0 Å². The van der Waals surface area contributed by atoms with Crippen LogP contribution in [0.4, 0.5) is 5.13 Å². The molecule has 0 saturated carbocycles. The van der Waals surface area contributed by atoms with Gasteiger partial charge in [0.05, 0.1) is 5.69 Å². The maximum Gasteiger partial charge on any atom is 0.226 e. The summed E-state index contributed by atoms with van der Waals surface area (Å²) >= 11 is 1.66. The van der Waals surface area contributed by atoms with Crippen LogP contribution in [0.2, 0.25) is 0 Å². The molecule has 1 aliphatic carbocycles. The lowest BCUT2D eigenvalue weighted by Gasteiger charge is -2.33. The Bertz CT molecular complexity index is 485. The molecule has 3 nitrogen and oxygen atoms in total. The van der Waals surface area contributed by atoms with Gasteiger partial charge in [0.15, 0.2) is 5.13 Å². The van der Waals surface area contributed by atoms with Gasteiger partial charge in [0, 0.05) is 11.3 Å². The highest BCUT2D eigenvalue weighted by Crippen LogP contribution is 2.39. The number of carbonyl (C=O) groups excluding carboxylic acids is 1. The van der Waals surface area contributed by atoms with Gasteiger partial charge in [-0.2, -0.15) is 0 Å². The Hall–Kier alpha value is -0.900. The number of amides is 1. The van der Waals surface area contributed by atoms with Gasteiger partial charge < -0.3 is 5.32 Å². The number of fused-ring (bicyclic) bond motifs is 1. The molecule has 1 aromatic rings. The molecule has 20 heavy (non-hydrogen) atoms. The summed E-state index contributed by atoms with van der Waals surface area (Å²) in [6, 6.07) is 0. The first-order chi connectivity index (χ1) is 9.25.